The molecule has 30 heavy (non-hydrogen) atoms. The molecule has 1 amide bonds. The Labute approximate surface area is 178 Å². The largest absolute Gasteiger partial charge is 0.294 e. The standard InChI is InChI=1S/C25H30FN3O/c1-17-10-12-28(13-11-17)16-25(30)29-24(20-6-4-5-7-22(20)26)15-23(27-29)21-14-18(2)8-9-19(21)3/h4-9,14,17,24H,10-13,15-16H2,1-3H3/t24-/m1/s1. The Morgan fingerprint density at radius 3 is 2.60 bits per heavy atom. The van der Waals surface area contributed by atoms with E-state index in [2.05, 4.69) is 36.9 Å². The van der Waals surface area contributed by atoms with Crippen LogP contribution in [0.1, 0.15) is 54.5 Å². The second-order valence-corrected chi connectivity index (χ2v) is 8.80. The number of carbonyl (C=O) groups is 1. The van der Waals surface area contributed by atoms with E-state index >= 15 is 0 Å². The average molecular weight is 408 g/mol. The predicted octanol–water partition coefficient (Wildman–Crippen LogP) is 4.85. The lowest BCUT2D eigenvalue weighted by Gasteiger charge is -2.31. The van der Waals surface area contributed by atoms with Crippen molar-refractivity contribution in [2.45, 2.75) is 46.1 Å². The molecule has 158 valence electrons. The molecule has 0 saturated carbocycles. The number of hydrogen-bond donors (Lipinski definition) is 0. The van der Waals surface area contributed by atoms with Gasteiger partial charge in [-0.1, -0.05) is 42.8 Å². The van der Waals surface area contributed by atoms with Gasteiger partial charge in [0.15, 0.2) is 0 Å². The molecule has 0 aliphatic carbocycles. The summed E-state index contributed by atoms with van der Waals surface area (Å²) in [5.74, 6) is 0.367. The SMILES string of the molecule is Cc1ccc(C)c(C2=NN(C(=O)CN3CCC(C)CC3)[C@@H](c3ccccc3F)C2)c1. The third kappa shape index (κ3) is 4.31. The molecule has 1 atom stereocenters. The number of aryl methyl sites for hydroxylation is 2. The van der Waals surface area contributed by atoms with Crippen molar-refractivity contribution >= 4 is 11.6 Å². The normalized spacial score (nSPS) is 20.5. The van der Waals surface area contributed by atoms with Gasteiger partial charge in [-0.05, 0) is 63.4 Å². The molecule has 2 aliphatic rings. The molecule has 2 heterocycles. The molecule has 0 radical (unpaired) electrons. The fourth-order valence-corrected chi connectivity index (χ4v) is 4.42. The number of piperidine rings is 1. The van der Waals surface area contributed by atoms with Crippen LogP contribution in [0.3, 0.4) is 0 Å². The number of rotatable bonds is 4. The average Bonchev–Trinajstić information content (AvgIpc) is 3.17. The van der Waals surface area contributed by atoms with E-state index in [1.54, 1.807) is 12.1 Å². The molecular weight excluding hydrogens is 377 g/mol. The van der Waals surface area contributed by atoms with Gasteiger partial charge in [0.25, 0.3) is 5.91 Å². The van der Waals surface area contributed by atoms with Gasteiger partial charge >= 0.3 is 0 Å². The van der Waals surface area contributed by atoms with Crippen LogP contribution < -0.4 is 0 Å². The van der Waals surface area contributed by atoms with Crippen molar-refractivity contribution in [1.29, 1.82) is 0 Å². The first-order valence-corrected chi connectivity index (χ1v) is 10.9. The van der Waals surface area contributed by atoms with Crippen LogP contribution in [-0.4, -0.2) is 41.2 Å². The second-order valence-electron chi connectivity index (χ2n) is 8.80. The minimum Gasteiger partial charge on any atom is -0.294 e. The lowest BCUT2D eigenvalue weighted by Crippen LogP contribution is -2.41. The topological polar surface area (TPSA) is 35.9 Å². The summed E-state index contributed by atoms with van der Waals surface area (Å²) in [7, 11) is 0. The van der Waals surface area contributed by atoms with E-state index in [0.717, 1.165) is 48.3 Å². The van der Waals surface area contributed by atoms with Crippen molar-refractivity contribution in [2.75, 3.05) is 19.6 Å². The summed E-state index contributed by atoms with van der Waals surface area (Å²) in [4.78, 5) is 15.5. The molecule has 0 bridgehead atoms. The Morgan fingerprint density at radius 2 is 1.87 bits per heavy atom. The van der Waals surface area contributed by atoms with Crippen LogP contribution in [0.2, 0.25) is 0 Å². The van der Waals surface area contributed by atoms with Gasteiger partial charge < -0.3 is 0 Å². The molecule has 1 fully saturated rings. The molecular formula is C25H30FN3O. The number of nitrogens with zero attached hydrogens (tertiary/aromatic N) is 3. The highest BCUT2D eigenvalue weighted by atomic mass is 19.1. The Morgan fingerprint density at radius 1 is 1.13 bits per heavy atom. The summed E-state index contributed by atoms with van der Waals surface area (Å²) in [6, 6.07) is 12.6. The summed E-state index contributed by atoms with van der Waals surface area (Å²) >= 11 is 0. The zero-order valence-electron chi connectivity index (χ0n) is 18.1. The van der Waals surface area contributed by atoms with E-state index in [4.69, 9.17) is 5.10 Å². The highest BCUT2D eigenvalue weighted by molar-refractivity contribution is 6.04. The van der Waals surface area contributed by atoms with E-state index in [0.29, 0.717) is 24.4 Å². The molecule has 5 heteroatoms. The summed E-state index contributed by atoms with van der Waals surface area (Å²) in [6.45, 7) is 8.55. The number of benzene rings is 2. The van der Waals surface area contributed by atoms with Crippen LogP contribution in [0.25, 0.3) is 0 Å². The summed E-state index contributed by atoms with van der Waals surface area (Å²) in [5, 5.41) is 6.28. The Balaban J connectivity index is 1.63. The lowest BCUT2D eigenvalue weighted by molar-refractivity contribution is -0.134. The van der Waals surface area contributed by atoms with Crippen LogP contribution >= 0.6 is 0 Å². The molecule has 2 aromatic carbocycles. The number of hydrogen-bond acceptors (Lipinski definition) is 3. The zero-order valence-corrected chi connectivity index (χ0v) is 18.1. The van der Waals surface area contributed by atoms with Crippen LogP contribution in [0, 0.1) is 25.6 Å². The molecule has 0 N–H and O–H groups in total. The van der Waals surface area contributed by atoms with Crippen molar-refractivity contribution in [3.8, 4) is 0 Å². The quantitative estimate of drug-likeness (QED) is 0.726. The van der Waals surface area contributed by atoms with Gasteiger partial charge in [0, 0.05) is 17.5 Å². The first-order chi connectivity index (χ1) is 14.4. The fraction of sp³-hybridized carbons (Fsp3) is 0.440. The molecule has 0 unspecified atom stereocenters. The fourth-order valence-electron chi connectivity index (χ4n) is 4.42. The second kappa shape index (κ2) is 8.68. The molecule has 2 aliphatic heterocycles. The monoisotopic (exact) mass is 407 g/mol. The van der Waals surface area contributed by atoms with Crippen molar-refractivity contribution in [3.63, 3.8) is 0 Å². The summed E-state index contributed by atoms with van der Waals surface area (Å²) in [5.41, 5.74) is 4.68. The number of carbonyl (C=O) groups excluding carboxylic acids is 1. The number of likely N-dealkylation sites (tertiary alicyclic amines) is 1. The molecule has 2 aromatic rings. The molecule has 1 saturated heterocycles. The Bertz CT molecular complexity index is 963. The molecule has 0 aromatic heterocycles. The number of halogens is 1. The number of hydrazone groups is 1. The maximum absolute atomic E-state index is 14.7. The maximum Gasteiger partial charge on any atom is 0.257 e. The van der Waals surface area contributed by atoms with Gasteiger partial charge in [-0.15, -0.1) is 0 Å². The first kappa shape index (κ1) is 20.7. The minimum atomic E-state index is -0.405. The molecule has 4 rings (SSSR count). The first-order valence-electron chi connectivity index (χ1n) is 10.9. The Kier molecular flexibility index (Phi) is 6.00. The van der Waals surface area contributed by atoms with Gasteiger partial charge in [-0.2, -0.15) is 5.10 Å². The van der Waals surface area contributed by atoms with Gasteiger partial charge in [0.1, 0.15) is 5.82 Å². The van der Waals surface area contributed by atoms with Crippen molar-refractivity contribution in [2.24, 2.45) is 11.0 Å². The Hall–Kier alpha value is -2.53. The van der Waals surface area contributed by atoms with E-state index in [1.165, 1.54) is 11.1 Å². The predicted molar refractivity (Wildman–Crippen MR) is 118 cm³/mol. The van der Waals surface area contributed by atoms with Gasteiger partial charge in [0.05, 0.1) is 18.3 Å². The summed E-state index contributed by atoms with van der Waals surface area (Å²) < 4.78 is 14.7. The van der Waals surface area contributed by atoms with Gasteiger partial charge in [0.2, 0.25) is 0 Å². The van der Waals surface area contributed by atoms with Crippen LogP contribution in [0.15, 0.2) is 47.6 Å². The van der Waals surface area contributed by atoms with E-state index in [-0.39, 0.29) is 11.7 Å². The van der Waals surface area contributed by atoms with E-state index in [9.17, 15) is 9.18 Å². The summed E-state index contributed by atoms with van der Waals surface area (Å²) in [6.07, 6.45) is 2.75. The van der Waals surface area contributed by atoms with Crippen LogP contribution in [0.5, 0.6) is 0 Å². The van der Waals surface area contributed by atoms with Crippen molar-refractivity contribution in [1.82, 2.24) is 9.91 Å². The maximum atomic E-state index is 14.7. The highest BCUT2D eigenvalue weighted by Crippen LogP contribution is 2.35. The third-order valence-electron chi connectivity index (χ3n) is 6.37. The highest BCUT2D eigenvalue weighted by Gasteiger charge is 2.35. The molecule has 4 nitrogen and oxygen atoms in total. The van der Waals surface area contributed by atoms with Crippen LogP contribution in [-0.2, 0) is 4.79 Å². The van der Waals surface area contributed by atoms with Crippen molar-refractivity contribution < 1.29 is 9.18 Å². The van der Waals surface area contributed by atoms with Gasteiger partial charge in [-0.3, -0.25) is 9.69 Å². The zero-order chi connectivity index (χ0) is 21.3. The van der Waals surface area contributed by atoms with Gasteiger partial charge in [-0.25, -0.2) is 9.40 Å². The lowest BCUT2D eigenvalue weighted by atomic mass is 9.95. The third-order valence-corrected chi connectivity index (χ3v) is 6.37. The van der Waals surface area contributed by atoms with Crippen molar-refractivity contribution in [3.05, 3.63) is 70.5 Å². The van der Waals surface area contributed by atoms with E-state index in [1.807, 2.05) is 13.0 Å². The number of amides is 1. The minimum absolute atomic E-state index is 0.0573. The molecule has 0 spiro atoms. The van der Waals surface area contributed by atoms with E-state index < -0.39 is 6.04 Å². The van der Waals surface area contributed by atoms with Crippen LogP contribution in [0.4, 0.5) is 4.39 Å². The smallest absolute Gasteiger partial charge is 0.257 e.